The van der Waals surface area contributed by atoms with E-state index < -0.39 is 0 Å². The number of carbonyl (C=O) groups is 1. The summed E-state index contributed by atoms with van der Waals surface area (Å²) in [4.78, 5) is 15.4. The normalized spacial score (nSPS) is 18.6. The van der Waals surface area contributed by atoms with Crippen LogP contribution in [-0.4, -0.2) is 48.0 Å². The molecule has 3 N–H and O–H groups in total. The van der Waals surface area contributed by atoms with E-state index in [0.717, 1.165) is 23.4 Å². The quantitative estimate of drug-likeness (QED) is 0.730. The Labute approximate surface area is 131 Å². The number of benzene rings is 1. The number of hydrogen-bond donors (Lipinski definition) is 3. The second-order valence-corrected chi connectivity index (χ2v) is 5.30. The summed E-state index contributed by atoms with van der Waals surface area (Å²) in [6.07, 6.45) is 1.68. The van der Waals surface area contributed by atoms with Crippen LogP contribution in [0.25, 0.3) is 0 Å². The van der Waals surface area contributed by atoms with Gasteiger partial charge in [-0.05, 0) is 25.5 Å². The van der Waals surface area contributed by atoms with Crippen molar-refractivity contribution in [1.29, 1.82) is 10.8 Å². The summed E-state index contributed by atoms with van der Waals surface area (Å²) in [5.41, 5.74) is 2.71. The standard InChI is InChI=1S/C16H23N5O/c1-4-19-13-8-11(6-7-12(13)10-17)14-9-15(22)20(3)16(18)21(14)5-2/h6-8,10,14,17-19H,4-5,9H2,1-3H3. The summed E-state index contributed by atoms with van der Waals surface area (Å²) >= 11 is 0. The maximum absolute atomic E-state index is 12.1. The van der Waals surface area contributed by atoms with Gasteiger partial charge in [0.2, 0.25) is 11.9 Å². The minimum absolute atomic E-state index is 0.0409. The molecule has 2 rings (SSSR count). The highest BCUT2D eigenvalue weighted by Crippen LogP contribution is 2.31. The molecule has 1 atom stereocenters. The molecular formula is C16H23N5O. The van der Waals surface area contributed by atoms with Crippen molar-refractivity contribution in [3.63, 3.8) is 0 Å². The smallest absolute Gasteiger partial charge is 0.231 e. The summed E-state index contributed by atoms with van der Waals surface area (Å²) < 4.78 is 0. The van der Waals surface area contributed by atoms with Crippen LogP contribution in [-0.2, 0) is 4.79 Å². The molecule has 22 heavy (non-hydrogen) atoms. The van der Waals surface area contributed by atoms with Crippen LogP contribution < -0.4 is 5.32 Å². The van der Waals surface area contributed by atoms with Gasteiger partial charge in [0.05, 0.1) is 12.5 Å². The molecule has 1 aliphatic rings. The Bertz CT molecular complexity index is 598. The first-order chi connectivity index (χ1) is 10.5. The van der Waals surface area contributed by atoms with E-state index in [1.165, 1.54) is 11.1 Å². The molecule has 6 nitrogen and oxygen atoms in total. The van der Waals surface area contributed by atoms with Crippen molar-refractivity contribution >= 4 is 23.8 Å². The zero-order valence-electron chi connectivity index (χ0n) is 13.3. The molecular weight excluding hydrogens is 278 g/mol. The highest BCUT2D eigenvalue weighted by molar-refractivity contribution is 5.98. The minimum atomic E-state index is -0.126. The Morgan fingerprint density at radius 1 is 1.41 bits per heavy atom. The van der Waals surface area contributed by atoms with Crippen LogP contribution in [0.1, 0.15) is 37.4 Å². The molecule has 0 bridgehead atoms. The fourth-order valence-corrected chi connectivity index (χ4v) is 2.79. The first kappa shape index (κ1) is 16.0. The van der Waals surface area contributed by atoms with Gasteiger partial charge in [0, 0.05) is 37.6 Å². The highest BCUT2D eigenvalue weighted by atomic mass is 16.2. The van der Waals surface area contributed by atoms with Crippen molar-refractivity contribution in [2.75, 3.05) is 25.5 Å². The van der Waals surface area contributed by atoms with E-state index in [1.54, 1.807) is 7.05 Å². The fourth-order valence-electron chi connectivity index (χ4n) is 2.79. The molecule has 0 spiro atoms. The van der Waals surface area contributed by atoms with Gasteiger partial charge in [-0.15, -0.1) is 0 Å². The molecule has 1 heterocycles. The Balaban J connectivity index is 2.40. The molecule has 1 saturated heterocycles. The number of rotatable bonds is 5. The Kier molecular flexibility index (Phi) is 4.80. The zero-order chi connectivity index (χ0) is 16.3. The molecule has 0 aromatic heterocycles. The Morgan fingerprint density at radius 2 is 2.14 bits per heavy atom. The van der Waals surface area contributed by atoms with Gasteiger partial charge in [-0.25, -0.2) is 0 Å². The van der Waals surface area contributed by atoms with E-state index in [0.29, 0.717) is 13.0 Å². The zero-order valence-corrected chi connectivity index (χ0v) is 13.3. The monoisotopic (exact) mass is 301 g/mol. The number of anilines is 1. The molecule has 0 radical (unpaired) electrons. The van der Waals surface area contributed by atoms with Gasteiger partial charge < -0.3 is 15.6 Å². The SMILES string of the molecule is CCNc1cc(C2CC(=O)N(C)C(=N)N2CC)ccc1C=N. The number of guanidine groups is 1. The third-order valence-electron chi connectivity index (χ3n) is 4.03. The third kappa shape index (κ3) is 2.81. The fraction of sp³-hybridized carbons (Fsp3) is 0.438. The summed E-state index contributed by atoms with van der Waals surface area (Å²) in [7, 11) is 1.64. The van der Waals surface area contributed by atoms with Crippen molar-refractivity contribution < 1.29 is 4.79 Å². The van der Waals surface area contributed by atoms with Gasteiger partial charge in [-0.3, -0.25) is 15.1 Å². The molecule has 1 amide bonds. The lowest BCUT2D eigenvalue weighted by Crippen LogP contribution is -2.52. The predicted octanol–water partition coefficient (Wildman–Crippen LogP) is 2.28. The number of hydrogen-bond acceptors (Lipinski definition) is 4. The number of nitrogens with zero attached hydrogens (tertiary/aromatic N) is 2. The van der Waals surface area contributed by atoms with Crippen LogP contribution in [0.15, 0.2) is 18.2 Å². The van der Waals surface area contributed by atoms with Crippen LogP contribution in [0.3, 0.4) is 0 Å². The molecule has 118 valence electrons. The van der Waals surface area contributed by atoms with Crippen molar-refractivity contribution in [2.24, 2.45) is 0 Å². The van der Waals surface area contributed by atoms with Crippen molar-refractivity contribution in [2.45, 2.75) is 26.3 Å². The Hall–Kier alpha value is -2.37. The van der Waals surface area contributed by atoms with Crippen LogP contribution in [0, 0.1) is 10.8 Å². The van der Waals surface area contributed by atoms with Crippen molar-refractivity contribution in [1.82, 2.24) is 9.80 Å². The van der Waals surface area contributed by atoms with E-state index in [1.807, 2.05) is 36.9 Å². The van der Waals surface area contributed by atoms with Crippen LogP contribution in [0.2, 0.25) is 0 Å². The lowest BCUT2D eigenvalue weighted by Gasteiger charge is -2.41. The highest BCUT2D eigenvalue weighted by Gasteiger charge is 2.34. The van der Waals surface area contributed by atoms with E-state index in [-0.39, 0.29) is 17.9 Å². The van der Waals surface area contributed by atoms with Gasteiger partial charge in [-0.2, -0.15) is 0 Å². The van der Waals surface area contributed by atoms with E-state index in [9.17, 15) is 4.79 Å². The number of carbonyl (C=O) groups excluding carboxylic acids is 1. The summed E-state index contributed by atoms with van der Waals surface area (Å²) in [6, 6.07) is 5.70. The third-order valence-corrected chi connectivity index (χ3v) is 4.03. The molecule has 0 saturated carbocycles. The molecule has 1 aromatic carbocycles. The topological polar surface area (TPSA) is 83.3 Å². The predicted molar refractivity (Wildman–Crippen MR) is 88.7 cm³/mol. The molecule has 0 aliphatic carbocycles. The summed E-state index contributed by atoms with van der Waals surface area (Å²) in [5.74, 6) is 0.200. The van der Waals surface area contributed by atoms with Crippen LogP contribution in [0.5, 0.6) is 0 Å². The molecule has 6 heteroatoms. The van der Waals surface area contributed by atoms with Gasteiger partial charge in [0.15, 0.2) is 0 Å². The van der Waals surface area contributed by atoms with Crippen molar-refractivity contribution in [3.8, 4) is 0 Å². The van der Waals surface area contributed by atoms with Crippen LogP contribution >= 0.6 is 0 Å². The number of amides is 1. The van der Waals surface area contributed by atoms with Gasteiger partial charge in [0.1, 0.15) is 0 Å². The summed E-state index contributed by atoms with van der Waals surface area (Å²) in [5, 5.41) is 18.9. The second kappa shape index (κ2) is 6.60. The first-order valence-corrected chi connectivity index (χ1v) is 7.53. The maximum Gasteiger partial charge on any atom is 0.231 e. The molecule has 1 aromatic rings. The average Bonchev–Trinajstić information content (AvgIpc) is 2.52. The second-order valence-electron chi connectivity index (χ2n) is 5.30. The molecule has 1 aliphatic heterocycles. The van der Waals surface area contributed by atoms with Crippen LogP contribution in [0.4, 0.5) is 5.69 Å². The largest absolute Gasteiger partial charge is 0.385 e. The average molecular weight is 301 g/mol. The Morgan fingerprint density at radius 3 is 2.73 bits per heavy atom. The van der Waals surface area contributed by atoms with Gasteiger partial charge in [-0.1, -0.05) is 12.1 Å². The van der Waals surface area contributed by atoms with Crippen molar-refractivity contribution in [3.05, 3.63) is 29.3 Å². The first-order valence-electron chi connectivity index (χ1n) is 7.53. The number of nitrogens with one attached hydrogen (secondary N) is 3. The lowest BCUT2D eigenvalue weighted by molar-refractivity contribution is -0.130. The molecule has 1 fully saturated rings. The van der Waals surface area contributed by atoms with Gasteiger partial charge in [0.25, 0.3) is 0 Å². The summed E-state index contributed by atoms with van der Waals surface area (Å²) in [6.45, 7) is 5.43. The lowest BCUT2D eigenvalue weighted by atomic mass is 9.97. The van der Waals surface area contributed by atoms with E-state index >= 15 is 0 Å². The van der Waals surface area contributed by atoms with E-state index in [2.05, 4.69) is 5.32 Å². The van der Waals surface area contributed by atoms with E-state index in [4.69, 9.17) is 10.8 Å². The minimum Gasteiger partial charge on any atom is -0.385 e. The molecule has 1 unspecified atom stereocenters. The van der Waals surface area contributed by atoms with Gasteiger partial charge >= 0.3 is 0 Å². The maximum atomic E-state index is 12.1.